The van der Waals surface area contributed by atoms with Gasteiger partial charge >= 0.3 is 6.03 Å². The van der Waals surface area contributed by atoms with Gasteiger partial charge in [0.2, 0.25) is 0 Å². The van der Waals surface area contributed by atoms with Crippen LogP contribution < -0.4 is 10.6 Å². The molecule has 0 radical (unpaired) electrons. The summed E-state index contributed by atoms with van der Waals surface area (Å²) in [6, 6.07) is 9.56. The molecular formula is C19H22N4O2. The van der Waals surface area contributed by atoms with E-state index in [4.69, 9.17) is 4.52 Å². The van der Waals surface area contributed by atoms with Crippen LogP contribution in [0.15, 0.2) is 41.1 Å². The number of amides is 2. The lowest BCUT2D eigenvalue weighted by Crippen LogP contribution is -2.37. The van der Waals surface area contributed by atoms with Crippen molar-refractivity contribution >= 4 is 16.9 Å². The number of rotatable bonds is 5. The number of carbonyl (C=O) groups excluding carboxylic acids is 1. The number of urea groups is 1. The lowest BCUT2D eigenvalue weighted by atomic mass is 10.0. The highest BCUT2D eigenvalue weighted by Gasteiger charge is 2.20. The molecule has 0 unspecified atom stereocenters. The van der Waals surface area contributed by atoms with Crippen LogP contribution in [0.2, 0.25) is 0 Å². The molecule has 0 fully saturated rings. The van der Waals surface area contributed by atoms with Crippen molar-refractivity contribution in [3.8, 4) is 0 Å². The zero-order chi connectivity index (χ0) is 17.8. The van der Waals surface area contributed by atoms with Gasteiger partial charge in [-0.05, 0) is 44.0 Å². The minimum Gasteiger partial charge on any atom is -0.361 e. The molecule has 2 heterocycles. The minimum absolute atomic E-state index is 0.118. The van der Waals surface area contributed by atoms with E-state index in [9.17, 15) is 4.79 Å². The van der Waals surface area contributed by atoms with E-state index in [-0.39, 0.29) is 12.1 Å². The van der Waals surface area contributed by atoms with Gasteiger partial charge < -0.3 is 15.2 Å². The van der Waals surface area contributed by atoms with Gasteiger partial charge in [0.25, 0.3) is 0 Å². The summed E-state index contributed by atoms with van der Waals surface area (Å²) in [5.74, 6) is 0.742. The Kier molecular flexibility index (Phi) is 4.97. The van der Waals surface area contributed by atoms with E-state index < -0.39 is 0 Å². The molecule has 0 spiro atoms. The largest absolute Gasteiger partial charge is 0.361 e. The van der Waals surface area contributed by atoms with Gasteiger partial charge in [0.05, 0.1) is 17.3 Å². The zero-order valence-electron chi connectivity index (χ0n) is 14.7. The summed E-state index contributed by atoms with van der Waals surface area (Å²) in [7, 11) is 0. The van der Waals surface area contributed by atoms with E-state index >= 15 is 0 Å². The number of hydrogen-bond acceptors (Lipinski definition) is 4. The van der Waals surface area contributed by atoms with Crippen molar-refractivity contribution in [2.75, 3.05) is 0 Å². The Hall–Kier alpha value is -2.89. The van der Waals surface area contributed by atoms with E-state index in [1.54, 1.807) is 6.20 Å². The van der Waals surface area contributed by atoms with Crippen molar-refractivity contribution in [1.29, 1.82) is 0 Å². The molecule has 6 heteroatoms. The molecule has 3 aromatic rings. The van der Waals surface area contributed by atoms with Gasteiger partial charge in [0, 0.05) is 23.7 Å². The van der Waals surface area contributed by atoms with Crippen LogP contribution in [0.25, 0.3) is 10.9 Å². The number of aromatic nitrogens is 2. The summed E-state index contributed by atoms with van der Waals surface area (Å²) >= 11 is 0. The van der Waals surface area contributed by atoms with Crippen molar-refractivity contribution in [1.82, 2.24) is 20.8 Å². The van der Waals surface area contributed by atoms with Crippen LogP contribution in [0.5, 0.6) is 0 Å². The fourth-order valence-corrected chi connectivity index (χ4v) is 2.99. The number of pyridine rings is 1. The van der Waals surface area contributed by atoms with Gasteiger partial charge in [-0.3, -0.25) is 4.98 Å². The number of nitrogens with one attached hydrogen (secondary N) is 2. The molecule has 25 heavy (non-hydrogen) atoms. The van der Waals surface area contributed by atoms with Crippen molar-refractivity contribution < 1.29 is 9.32 Å². The third-order valence-corrected chi connectivity index (χ3v) is 4.27. The molecule has 0 aliphatic carbocycles. The van der Waals surface area contributed by atoms with Gasteiger partial charge in [-0.25, -0.2) is 4.79 Å². The first-order chi connectivity index (χ1) is 12.1. The molecule has 2 aromatic heterocycles. The van der Waals surface area contributed by atoms with E-state index in [2.05, 4.69) is 20.8 Å². The van der Waals surface area contributed by atoms with Crippen LogP contribution >= 0.6 is 0 Å². The second-order valence-corrected chi connectivity index (χ2v) is 6.06. The fraction of sp³-hybridized carbons (Fsp3) is 0.316. The third-order valence-electron chi connectivity index (χ3n) is 4.27. The quantitative estimate of drug-likeness (QED) is 0.742. The third kappa shape index (κ3) is 3.79. The summed E-state index contributed by atoms with van der Waals surface area (Å²) in [5.41, 5.74) is 3.74. The molecule has 3 rings (SSSR count). The fourth-order valence-electron chi connectivity index (χ4n) is 2.99. The maximum atomic E-state index is 12.3. The zero-order valence-corrected chi connectivity index (χ0v) is 14.7. The van der Waals surface area contributed by atoms with E-state index in [1.165, 1.54) is 0 Å². The standard InChI is InChI=1S/C19H22N4O2/c1-4-16(18-12(2)23-25-13(18)3)22-19(24)21-11-14-7-8-17-15(10-14)6-5-9-20-17/h5-10,16H,4,11H2,1-3H3,(H2,21,22,24)/t16-/m0/s1. The molecule has 0 saturated heterocycles. The van der Waals surface area contributed by atoms with Crippen molar-refractivity contribution in [2.24, 2.45) is 0 Å². The monoisotopic (exact) mass is 338 g/mol. The van der Waals surface area contributed by atoms with E-state index in [1.807, 2.05) is 51.1 Å². The van der Waals surface area contributed by atoms with Crippen LogP contribution in [0, 0.1) is 13.8 Å². The van der Waals surface area contributed by atoms with Crippen molar-refractivity contribution in [3.63, 3.8) is 0 Å². The first-order valence-corrected chi connectivity index (χ1v) is 8.39. The lowest BCUT2D eigenvalue weighted by Gasteiger charge is -2.17. The van der Waals surface area contributed by atoms with Crippen molar-refractivity contribution in [2.45, 2.75) is 39.8 Å². The van der Waals surface area contributed by atoms with Gasteiger partial charge in [-0.1, -0.05) is 24.2 Å². The van der Waals surface area contributed by atoms with Crippen LogP contribution in [-0.4, -0.2) is 16.2 Å². The molecular weight excluding hydrogens is 316 g/mol. The lowest BCUT2D eigenvalue weighted by molar-refractivity contribution is 0.236. The Balaban J connectivity index is 1.63. The Morgan fingerprint density at radius 1 is 1.28 bits per heavy atom. The molecule has 0 bridgehead atoms. The van der Waals surface area contributed by atoms with Crippen LogP contribution in [0.1, 0.15) is 42.0 Å². The predicted molar refractivity (Wildman–Crippen MR) is 96.1 cm³/mol. The molecule has 1 atom stereocenters. The highest BCUT2D eigenvalue weighted by atomic mass is 16.5. The van der Waals surface area contributed by atoms with Crippen LogP contribution in [-0.2, 0) is 6.54 Å². The average molecular weight is 338 g/mol. The van der Waals surface area contributed by atoms with Gasteiger partial charge in [0.15, 0.2) is 0 Å². The summed E-state index contributed by atoms with van der Waals surface area (Å²) < 4.78 is 5.20. The number of benzene rings is 1. The van der Waals surface area contributed by atoms with Gasteiger partial charge in [-0.15, -0.1) is 0 Å². The van der Waals surface area contributed by atoms with E-state index in [0.717, 1.165) is 39.9 Å². The van der Waals surface area contributed by atoms with Crippen LogP contribution in [0.3, 0.4) is 0 Å². The maximum absolute atomic E-state index is 12.3. The number of carbonyl (C=O) groups is 1. The molecule has 2 amide bonds. The number of fused-ring (bicyclic) bond motifs is 1. The molecule has 6 nitrogen and oxygen atoms in total. The molecule has 2 N–H and O–H groups in total. The number of hydrogen-bond donors (Lipinski definition) is 2. The first kappa shape index (κ1) is 17.0. The van der Waals surface area contributed by atoms with Gasteiger partial charge in [-0.2, -0.15) is 0 Å². The van der Waals surface area contributed by atoms with Gasteiger partial charge in [0.1, 0.15) is 5.76 Å². The maximum Gasteiger partial charge on any atom is 0.315 e. The summed E-state index contributed by atoms with van der Waals surface area (Å²) in [6.45, 7) is 6.22. The minimum atomic E-state index is -0.210. The van der Waals surface area contributed by atoms with Crippen LogP contribution in [0.4, 0.5) is 4.79 Å². The predicted octanol–water partition coefficient (Wildman–Crippen LogP) is 3.79. The molecule has 0 saturated carbocycles. The number of nitrogens with zero attached hydrogens (tertiary/aromatic N) is 2. The Labute approximate surface area is 146 Å². The Morgan fingerprint density at radius 2 is 2.12 bits per heavy atom. The summed E-state index contributed by atoms with van der Waals surface area (Å²) in [4.78, 5) is 16.6. The van der Waals surface area contributed by atoms with E-state index in [0.29, 0.717) is 6.54 Å². The topological polar surface area (TPSA) is 80.0 Å². The van der Waals surface area contributed by atoms with Crippen molar-refractivity contribution in [3.05, 3.63) is 59.1 Å². The summed E-state index contributed by atoms with van der Waals surface area (Å²) in [6.07, 6.45) is 2.53. The molecule has 1 aromatic carbocycles. The second kappa shape index (κ2) is 7.34. The number of aryl methyl sites for hydroxylation is 2. The highest BCUT2D eigenvalue weighted by molar-refractivity contribution is 5.79. The highest BCUT2D eigenvalue weighted by Crippen LogP contribution is 2.23. The molecule has 130 valence electrons. The Bertz CT molecular complexity index is 869. The Morgan fingerprint density at radius 3 is 2.84 bits per heavy atom. The molecule has 0 aliphatic heterocycles. The molecule has 0 aliphatic rings. The summed E-state index contributed by atoms with van der Waals surface area (Å²) in [5, 5.41) is 10.9. The first-order valence-electron chi connectivity index (χ1n) is 8.39. The average Bonchev–Trinajstić information content (AvgIpc) is 2.96. The smallest absolute Gasteiger partial charge is 0.315 e. The normalized spacial score (nSPS) is 12.1. The second-order valence-electron chi connectivity index (χ2n) is 6.06. The SMILES string of the molecule is CC[C@H](NC(=O)NCc1ccc2ncccc2c1)c1c(C)noc1C.